The molecule has 2 heterocycles. The van der Waals surface area contributed by atoms with E-state index in [9.17, 15) is 18.0 Å². The van der Waals surface area contributed by atoms with Gasteiger partial charge in [-0.25, -0.2) is 8.42 Å². The van der Waals surface area contributed by atoms with Crippen molar-refractivity contribution in [1.82, 2.24) is 4.90 Å². The number of halogens is 1. The van der Waals surface area contributed by atoms with Gasteiger partial charge < -0.3 is 10.2 Å². The largest absolute Gasteiger partial charge is 0.342 e. The van der Waals surface area contributed by atoms with E-state index in [-0.39, 0.29) is 35.8 Å². The normalized spacial score (nSPS) is 25.0. The summed E-state index contributed by atoms with van der Waals surface area (Å²) < 4.78 is 23.1. The van der Waals surface area contributed by atoms with Crippen molar-refractivity contribution in [2.24, 2.45) is 0 Å². The van der Waals surface area contributed by atoms with Crippen LogP contribution in [-0.2, 0) is 19.4 Å². The third-order valence-corrected chi connectivity index (χ3v) is 7.53. The molecular formula is C15H17ClN2O4S2. The summed E-state index contributed by atoms with van der Waals surface area (Å²) in [6.07, 6.45) is 0.488. The van der Waals surface area contributed by atoms with Gasteiger partial charge >= 0.3 is 0 Å². The molecule has 1 aromatic rings. The van der Waals surface area contributed by atoms with Gasteiger partial charge in [0.25, 0.3) is 0 Å². The number of carbonyl (C=O) groups excluding carboxylic acids is 2. The average Bonchev–Trinajstić information content (AvgIpc) is 2.87. The van der Waals surface area contributed by atoms with Gasteiger partial charge in [0.05, 0.1) is 22.4 Å². The predicted octanol–water partition coefficient (Wildman–Crippen LogP) is 1.79. The Hall–Kier alpha value is -1.25. The van der Waals surface area contributed by atoms with Gasteiger partial charge in [0.1, 0.15) is 0 Å². The van der Waals surface area contributed by atoms with Crippen LogP contribution >= 0.6 is 23.4 Å². The number of thioether (sulfide) groups is 1. The molecule has 2 aliphatic rings. The summed E-state index contributed by atoms with van der Waals surface area (Å²) in [6, 6.07) is 4.92. The number of hydrogen-bond donors (Lipinski definition) is 1. The minimum Gasteiger partial charge on any atom is -0.342 e. The Morgan fingerprint density at radius 2 is 2.21 bits per heavy atom. The van der Waals surface area contributed by atoms with Crippen LogP contribution in [0.5, 0.6) is 0 Å². The van der Waals surface area contributed by atoms with Crippen LogP contribution in [0.15, 0.2) is 23.1 Å². The molecule has 130 valence electrons. The maximum atomic E-state index is 12.4. The lowest BCUT2D eigenvalue weighted by Gasteiger charge is -2.28. The van der Waals surface area contributed by atoms with Crippen molar-refractivity contribution in [3.05, 3.63) is 23.2 Å². The number of benzene rings is 1. The summed E-state index contributed by atoms with van der Waals surface area (Å²) >= 11 is 7.24. The molecule has 24 heavy (non-hydrogen) atoms. The zero-order chi connectivity index (χ0) is 17.5. The summed E-state index contributed by atoms with van der Waals surface area (Å²) in [5.74, 6) is -0.347. The Kier molecular flexibility index (Phi) is 4.81. The molecule has 0 spiro atoms. The molecule has 2 atom stereocenters. The molecule has 1 saturated heterocycles. The van der Waals surface area contributed by atoms with Crippen LogP contribution in [-0.4, -0.2) is 55.0 Å². The molecule has 1 aromatic carbocycles. The van der Waals surface area contributed by atoms with Gasteiger partial charge in [-0.1, -0.05) is 11.6 Å². The third-order valence-electron chi connectivity index (χ3n) is 4.27. The lowest BCUT2D eigenvalue weighted by Crippen LogP contribution is -2.41. The molecule has 0 aliphatic carbocycles. The Morgan fingerprint density at radius 1 is 1.46 bits per heavy atom. The fourth-order valence-electron chi connectivity index (χ4n) is 2.84. The van der Waals surface area contributed by atoms with Gasteiger partial charge in [0.15, 0.2) is 9.84 Å². The molecule has 2 aliphatic heterocycles. The predicted molar refractivity (Wildman–Crippen MR) is 94.2 cm³/mol. The van der Waals surface area contributed by atoms with E-state index in [0.29, 0.717) is 17.1 Å². The van der Waals surface area contributed by atoms with Gasteiger partial charge in [0.2, 0.25) is 11.8 Å². The lowest BCUT2D eigenvalue weighted by atomic mass is 10.2. The van der Waals surface area contributed by atoms with E-state index in [1.807, 2.05) is 6.07 Å². The summed E-state index contributed by atoms with van der Waals surface area (Å²) in [7, 11) is -1.45. The van der Waals surface area contributed by atoms with E-state index in [1.54, 1.807) is 19.2 Å². The van der Waals surface area contributed by atoms with Gasteiger partial charge in [-0.05, 0) is 24.6 Å². The Labute approximate surface area is 149 Å². The van der Waals surface area contributed by atoms with E-state index >= 15 is 0 Å². The van der Waals surface area contributed by atoms with Crippen LogP contribution < -0.4 is 5.32 Å². The number of fused-ring (bicyclic) bond motifs is 1. The highest BCUT2D eigenvalue weighted by molar-refractivity contribution is 8.01. The van der Waals surface area contributed by atoms with Crippen LogP contribution in [0.25, 0.3) is 0 Å². The SMILES string of the molecule is CN(C(=O)C[C@@H]1Sc2ccc(Cl)cc2NC1=O)[C@H]1CCS(=O)(=O)C1. The molecule has 0 saturated carbocycles. The molecule has 1 N–H and O–H groups in total. The monoisotopic (exact) mass is 388 g/mol. The van der Waals surface area contributed by atoms with Gasteiger partial charge in [-0.15, -0.1) is 11.8 Å². The Bertz CT molecular complexity index is 797. The fourth-order valence-corrected chi connectivity index (χ4v) is 5.87. The summed E-state index contributed by atoms with van der Waals surface area (Å²) in [5, 5.41) is 2.77. The molecular weight excluding hydrogens is 372 g/mol. The number of amides is 2. The lowest BCUT2D eigenvalue weighted by molar-refractivity contribution is -0.132. The molecule has 0 bridgehead atoms. The van der Waals surface area contributed by atoms with Crippen molar-refractivity contribution in [3.63, 3.8) is 0 Å². The van der Waals surface area contributed by atoms with E-state index < -0.39 is 15.1 Å². The molecule has 0 radical (unpaired) electrons. The quantitative estimate of drug-likeness (QED) is 0.853. The van der Waals surface area contributed by atoms with Gasteiger partial charge in [-0.3, -0.25) is 9.59 Å². The number of anilines is 1. The fraction of sp³-hybridized carbons (Fsp3) is 0.467. The average molecular weight is 389 g/mol. The number of nitrogens with one attached hydrogen (secondary N) is 1. The van der Waals surface area contributed by atoms with E-state index in [4.69, 9.17) is 11.6 Å². The first-order chi connectivity index (χ1) is 11.2. The Morgan fingerprint density at radius 3 is 2.88 bits per heavy atom. The van der Waals surface area contributed by atoms with E-state index in [0.717, 1.165) is 4.90 Å². The zero-order valence-electron chi connectivity index (χ0n) is 13.0. The molecule has 9 heteroatoms. The van der Waals surface area contributed by atoms with Crippen molar-refractivity contribution in [2.45, 2.75) is 29.0 Å². The summed E-state index contributed by atoms with van der Waals surface area (Å²) in [6.45, 7) is 0. The molecule has 3 rings (SSSR count). The minimum absolute atomic E-state index is 0.000574. The maximum absolute atomic E-state index is 12.4. The van der Waals surface area contributed by atoms with Crippen LogP contribution in [0, 0.1) is 0 Å². The number of rotatable bonds is 3. The molecule has 0 aromatic heterocycles. The minimum atomic E-state index is -3.05. The molecule has 6 nitrogen and oxygen atoms in total. The Balaban J connectivity index is 1.66. The standard InChI is InChI=1S/C15H17ClN2O4S2/c1-18(10-4-5-24(21,22)8-10)14(19)7-13-15(20)17-11-6-9(16)2-3-12(11)23-13/h2-3,6,10,13H,4-5,7-8H2,1H3,(H,17,20)/t10-,13-/m0/s1. The zero-order valence-corrected chi connectivity index (χ0v) is 15.4. The smallest absolute Gasteiger partial charge is 0.238 e. The first-order valence-electron chi connectivity index (χ1n) is 7.48. The highest BCUT2D eigenvalue weighted by Gasteiger charge is 2.35. The van der Waals surface area contributed by atoms with Crippen molar-refractivity contribution in [3.8, 4) is 0 Å². The molecule has 2 amide bonds. The van der Waals surface area contributed by atoms with E-state index in [2.05, 4.69) is 5.32 Å². The first kappa shape index (κ1) is 17.6. The van der Waals surface area contributed by atoms with Gasteiger partial charge in [0, 0.05) is 29.4 Å². The number of nitrogens with zero attached hydrogens (tertiary/aromatic N) is 1. The van der Waals surface area contributed by atoms with Crippen LogP contribution in [0.3, 0.4) is 0 Å². The van der Waals surface area contributed by atoms with Crippen molar-refractivity contribution in [2.75, 3.05) is 23.9 Å². The highest BCUT2D eigenvalue weighted by atomic mass is 35.5. The summed E-state index contributed by atoms with van der Waals surface area (Å²) in [4.78, 5) is 27.0. The molecule has 0 unspecified atom stereocenters. The second-order valence-corrected chi connectivity index (χ2v) is 9.91. The van der Waals surface area contributed by atoms with Gasteiger partial charge in [-0.2, -0.15) is 0 Å². The first-order valence-corrected chi connectivity index (χ1v) is 10.6. The number of carbonyl (C=O) groups is 2. The van der Waals surface area contributed by atoms with Crippen LogP contribution in [0.2, 0.25) is 5.02 Å². The number of sulfone groups is 1. The van der Waals surface area contributed by atoms with Crippen molar-refractivity contribution in [1.29, 1.82) is 0 Å². The van der Waals surface area contributed by atoms with Crippen LogP contribution in [0.4, 0.5) is 5.69 Å². The second kappa shape index (κ2) is 6.57. The van der Waals surface area contributed by atoms with Crippen molar-refractivity contribution < 1.29 is 18.0 Å². The maximum Gasteiger partial charge on any atom is 0.238 e. The third kappa shape index (κ3) is 3.70. The topological polar surface area (TPSA) is 83.6 Å². The summed E-state index contributed by atoms with van der Waals surface area (Å²) in [5.41, 5.74) is 0.649. The molecule has 1 fully saturated rings. The van der Waals surface area contributed by atoms with Crippen LogP contribution in [0.1, 0.15) is 12.8 Å². The number of hydrogen-bond acceptors (Lipinski definition) is 5. The second-order valence-electron chi connectivity index (χ2n) is 6.00. The van der Waals surface area contributed by atoms with E-state index in [1.165, 1.54) is 16.7 Å². The van der Waals surface area contributed by atoms with Crippen molar-refractivity contribution >= 4 is 50.7 Å². The highest BCUT2D eigenvalue weighted by Crippen LogP contribution is 2.38.